The molecule has 1 aromatic rings. The van der Waals surface area contributed by atoms with E-state index in [0.29, 0.717) is 5.92 Å². The monoisotopic (exact) mass is 198 g/mol. The smallest absolute Gasteiger partial charge is 0.0609 e. The number of thiophene rings is 1. The first-order valence-corrected chi connectivity index (χ1v) is 5.91. The van der Waals surface area contributed by atoms with Gasteiger partial charge in [0.05, 0.1) is 6.10 Å². The zero-order valence-corrected chi connectivity index (χ0v) is 9.40. The van der Waals surface area contributed by atoms with Crippen LogP contribution in [0.25, 0.3) is 0 Å². The molecule has 1 nitrogen and oxygen atoms in total. The molecule has 0 aromatic carbocycles. The quantitative estimate of drug-likeness (QED) is 0.679. The molecule has 1 aliphatic carbocycles. The van der Waals surface area contributed by atoms with Crippen molar-refractivity contribution in [3.8, 4) is 0 Å². The molecule has 0 spiro atoms. The van der Waals surface area contributed by atoms with Gasteiger partial charge in [0.2, 0.25) is 0 Å². The summed E-state index contributed by atoms with van der Waals surface area (Å²) in [7, 11) is 0. The normalized spacial score (nSPS) is 25.8. The van der Waals surface area contributed by atoms with Gasteiger partial charge in [0.15, 0.2) is 0 Å². The van der Waals surface area contributed by atoms with Gasteiger partial charge in [-0.25, -0.2) is 0 Å². The molecule has 0 amide bonds. The third-order valence-electron chi connectivity index (χ3n) is 2.51. The van der Waals surface area contributed by atoms with E-state index in [1.54, 1.807) is 0 Å². The predicted octanol–water partition coefficient (Wildman–Crippen LogP) is 3.18. The minimum atomic E-state index is -0.114. The number of hydrogen-bond acceptors (Lipinski definition) is 2. The predicted molar refractivity (Wildman–Crippen MR) is 58.4 cm³/mol. The van der Waals surface area contributed by atoms with E-state index in [2.05, 4.69) is 18.4 Å². The molecule has 0 saturated heterocycles. The second-order valence-electron chi connectivity index (χ2n) is 3.19. The Hall–Kier alpha value is -0.340. The van der Waals surface area contributed by atoms with Crippen LogP contribution in [0.15, 0.2) is 11.4 Å². The Labute approximate surface area is 84.4 Å². The van der Waals surface area contributed by atoms with Gasteiger partial charge in [-0.3, -0.25) is 0 Å². The van der Waals surface area contributed by atoms with Crippen LogP contribution in [0.1, 0.15) is 43.6 Å². The van der Waals surface area contributed by atoms with Crippen molar-refractivity contribution in [2.45, 2.75) is 45.6 Å². The number of aliphatic hydroxyl groups is 1. The SMILES string of the molecule is CC.CC1c2ccsc2CCC1O. The zero-order chi connectivity index (χ0) is 9.84. The van der Waals surface area contributed by atoms with Crippen molar-refractivity contribution in [1.29, 1.82) is 0 Å². The van der Waals surface area contributed by atoms with Gasteiger partial charge in [0.25, 0.3) is 0 Å². The Kier molecular flexibility index (Phi) is 3.94. The molecular weight excluding hydrogens is 180 g/mol. The molecule has 0 radical (unpaired) electrons. The summed E-state index contributed by atoms with van der Waals surface area (Å²) in [4.78, 5) is 1.47. The average Bonchev–Trinajstić information content (AvgIpc) is 2.63. The minimum absolute atomic E-state index is 0.114. The molecule has 0 fully saturated rings. The van der Waals surface area contributed by atoms with Crippen LogP contribution in [-0.2, 0) is 6.42 Å². The minimum Gasteiger partial charge on any atom is -0.392 e. The summed E-state index contributed by atoms with van der Waals surface area (Å²) in [6.07, 6.45) is 1.89. The van der Waals surface area contributed by atoms with Crippen molar-refractivity contribution in [1.82, 2.24) is 0 Å². The molecule has 1 aliphatic rings. The lowest BCUT2D eigenvalue weighted by molar-refractivity contribution is 0.133. The lowest BCUT2D eigenvalue weighted by Gasteiger charge is -2.24. The maximum absolute atomic E-state index is 9.55. The van der Waals surface area contributed by atoms with Gasteiger partial charge >= 0.3 is 0 Å². The topological polar surface area (TPSA) is 20.2 Å². The Balaban J connectivity index is 0.000000396. The molecule has 0 bridgehead atoms. The molecule has 2 atom stereocenters. The van der Waals surface area contributed by atoms with Crippen LogP contribution in [-0.4, -0.2) is 11.2 Å². The molecule has 2 rings (SSSR count). The highest BCUT2D eigenvalue weighted by molar-refractivity contribution is 7.10. The van der Waals surface area contributed by atoms with Crippen LogP contribution in [0.4, 0.5) is 0 Å². The van der Waals surface area contributed by atoms with Crippen LogP contribution >= 0.6 is 11.3 Å². The summed E-state index contributed by atoms with van der Waals surface area (Å²) in [5.74, 6) is 0.352. The van der Waals surface area contributed by atoms with Crippen molar-refractivity contribution in [2.24, 2.45) is 0 Å². The lowest BCUT2D eigenvalue weighted by atomic mass is 9.87. The number of aryl methyl sites for hydroxylation is 1. The maximum atomic E-state index is 9.55. The first kappa shape index (κ1) is 10.7. The van der Waals surface area contributed by atoms with Crippen LogP contribution < -0.4 is 0 Å². The Morgan fingerprint density at radius 3 is 2.85 bits per heavy atom. The first-order chi connectivity index (χ1) is 6.29. The highest BCUT2D eigenvalue weighted by atomic mass is 32.1. The highest BCUT2D eigenvalue weighted by Gasteiger charge is 2.24. The molecule has 13 heavy (non-hydrogen) atoms. The van der Waals surface area contributed by atoms with E-state index in [0.717, 1.165) is 12.8 Å². The van der Waals surface area contributed by atoms with Crippen molar-refractivity contribution in [3.05, 3.63) is 21.9 Å². The van der Waals surface area contributed by atoms with Crippen molar-refractivity contribution in [2.75, 3.05) is 0 Å². The Morgan fingerprint density at radius 2 is 2.15 bits per heavy atom. The fourth-order valence-electron chi connectivity index (χ4n) is 1.70. The van der Waals surface area contributed by atoms with Crippen LogP contribution in [0.3, 0.4) is 0 Å². The van der Waals surface area contributed by atoms with E-state index < -0.39 is 0 Å². The van der Waals surface area contributed by atoms with Crippen LogP contribution in [0, 0.1) is 0 Å². The van der Waals surface area contributed by atoms with Gasteiger partial charge in [0.1, 0.15) is 0 Å². The number of hydrogen-bond donors (Lipinski definition) is 1. The summed E-state index contributed by atoms with van der Waals surface area (Å²) in [6.45, 7) is 6.11. The van der Waals surface area contributed by atoms with E-state index >= 15 is 0 Å². The van der Waals surface area contributed by atoms with E-state index in [1.807, 2.05) is 25.2 Å². The number of rotatable bonds is 0. The van der Waals surface area contributed by atoms with Gasteiger partial charge in [-0.2, -0.15) is 0 Å². The molecule has 2 heteroatoms. The molecule has 1 N–H and O–H groups in total. The van der Waals surface area contributed by atoms with Crippen molar-refractivity contribution >= 4 is 11.3 Å². The summed E-state index contributed by atoms with van der Waals surface area (Å²) in [6, 6.07) is 2.15. The molecular formula is C11H18OS. The summed E-state index contributed by atoms with van der Waals surface area (Å²) < 4.78 is 0. The number of fused-ring (bicyclic) bond motifs is 1. The van der Waals surface area contributed by atoms with E-state index in [9.17, 15) is 5.11 Å². The Bertz CT molecular complexity index is 254. The fraction of sp³-hybridized carbons (Fsp3) is 0.636. The third-order valence-corrected chi connectivity index (χ3v) is 3.51. The van der Waals surface area contributed by atoms with E-state index in [-0.39, 0.29) is 6.10 Å². The summed E-state index contributed by atoms with van der Waals surface area (Å²) in [5, 5.41) is 11.7. The Morgan fingerprint density at radius 1 is 1.46 bits per heavy atom. The standard InChI is InChI=1S/C9H12OS.C2H6/c1-6-7-4-5-11-9(7)3-2-8(6)10;1-2/h4-6,8,10H,2-3H2,1H3;1-2H3. The van der Waals surface area contributed by atoms with E-state index in [4.69, 9.17) is 0 Å². The van der Waals surface area contributed by atoms with Gasteiger partial charge in [-0.05, 0) is 29.9 Å². The lowest BCUT2D eigenvalue weighted by Crippen LogP contribution is -2.21. The van der Waals surface area contributed by atoms with Crippen molar-refractivity contribution < 1.29 is 5.11 Å². The molecule has 1 heterocycles. The van der Waals surface area contributed by atoms with Crippen molar-refractivity contribution in [3.63, 3.8) is 0 Å². The summed E-state index contributed by atoms with van der Waals surface area (Å²) >= 11 is 1.82. The molecule has 0 aliphatic heterocycles. The zero-order valence-electron chi connectivity index (χ0n) is 8.58. The third kappa shape index (κ3) is 2.12. The average molecular weight is 198 g/mol. The first-order valence-electron chi connectivity index (χ1n) is 5.03. The fourth-order valence-corrected chi connectivity index (χ4v) is 2.70. The van der Waals surface area contributed by atoms with Gasteiger partial charge < -0.3 is 5.11 Å². The number of aliphatic hydroxyl groups excluding tert-OH is 1. The largest absolute Gasteiger partial charge is 0.392 e. The second-order valence-corrected chi connectivity index (χ2v) is 4.19. The molecule has 1 aromatic heterocycles. The van der Waals surface area contributed by atoms with Gasteiger partial charge in [0, 0.05) is 10.8 Å². The van der Waals surface area contributed by atoms with E-state index in [1.165, 1.54) is 10.4 Å². The highest BCUT2D eigenvalue weighted by Crippen LogP contribution is 2.34. The summed E-state index contributed by atoms with van der Waals surface area (Å²) in [5.41, 5.74) is 1.37. The van der Waals surface area contributed by atoms with Crippen LogP contribution in [0.5, 0.6) is 0 Å². The molecule has 0 saturated carbocycles. The van der Waals surface area contributed by atoms with Gasteiger partial charge in [-0.1, -0.05) is 20.8 Å². The second kappa shape index (κ2) is 4.77. The molecule has 2 unspecified atom stereocenters. The molecule has 74 valence electrons. The van der Waals surface area contributed by atoms with Crippen LogP contribution in [0.2, 0.25) is 0 Å². The maximum Gasteiger partial charge on any atom is 0.0609 e. The van der Waals surface area contributed by atoms with Gasteiger partial charge in [-0.15, -0.1) is 11.3 Å².